The molecule has 0 aliphatic carbocycles. The number of phenolic OH excluding ortho intramolecular Hbond substituents is 2. The minimum atomic E-state index is -0.591. The summed E-state index contributed by atoms with van der Waals surface area (Å²) in [5.41, 5.74) is 1.38. The molecule has 0 spiro atoms. The third-order valence-corrected chi connectivity index (χ3v) is 3.60. The predicted molar refractivity (Wildman–Crippen MR) is 92.6 cm³/mol. The summed E-state index contributed by atoms with van der Waals surface area (Å²) < 4.78 is 5.40. The molecule has 2 rings (SSSR count). The Labute approximate surface area is 137 Å². The molecule has 1 unspecified atom stereocenters. The molecule has 120 valence electrons. The number of esters is 1. The second-order valence-corrected chi connectivity index (χ2v) is 5.74. The number of hydrogen-bond acceptors (Lipinski definition) is 4. The Morgan fingerprint density at radius 2 is 1.91 bits per heavy atom. The van der Waals surface area contributed by atoms with E-state index in [9.17, 15) is 15.0 Å². The number of hydrogen-bond donors (Lipinski definition) is 2. The van der Waals surface area contributed by atoms with Crippen LogP contribution in [-0.4, -0.2) is 35.2 Å². The first kappa shape index (κ1) is 17.1. The second-order valence-electron chi connectivity index (χ2n) is 5.74. The van der Waals surface area contributed by atoms with E-state index >= 15 is 0 Å². The summed E-state index contributed by atoms with van der Waals surface area (Å²) in [7, 11) is 3.96. The van der Waals surface area contributed by atoms with Gasteiger partial charge in [-0.25, -0.2) is 0 Å². The molecule has 0 saturated carbocycles. The molecule has 0 amide bonds. The van der Waals surface area contributed by atoms with Crippen molar-refractivity contribution in [1.29, 1.82) is 0 Å². The zero-order valence-electron chi connectivity index (χ0n) is 13.3. The summed E-state index contributed by atoms with van der Waals surface area (Å²) in [6.07, 6.45) is 10.5. The topological polar surface area (TPSA) is 66.8 Å². The summed E-state index contributed by atoms with van der Waals surface area (Å²) >= 11 is 0. The Bertz CT molecular complexity index is 661. The van der Waals surface area contributed by atoms with Crippen molar-refractivity contribution in [2.45, 2.75) is 38.7 Å². The van der Waals surface area contributed by atoms with E-state index in [4.69, 9.17) is 4.74 Å². The first-order valence-electron chi connectivity index (χ1n) is 7.72. The van der Waals surface area contributed by atoms with Crippen molar-refractivity contribution in [3.05, 3.63) is 47.6 Å². The molecule has 1 aromatic rings. The number of aromatic hydroxyl groups is 2. The first-order valence-corrected chi connectivity index (χ1v) is 7.72. The van der Waals surface area contributed by atoms with Crippen LogP contribution in [0.15, 0.2) is 36.4 Å². The molecule has 4 nitrogen and oxygen atoms in total. The molecule has 0 fully saturated rings. The van der Waals surface area contributed by atoms with Gasteiger partial charge in [0.25, 0.3) is 0 Å². The summed E-state index contributed by atoms with van der Waals surface area (Å²) in [6.45, 7) is 1.81. The van der Waals surface area contributed by atoms with E-state index in [2.05, 4.69) is 13.6 Å². The van der Waals surface area contributed by atoms with Crippen LogP contribution in [0.3, 0.4) is 0 Å². The van der Waals surface area contributed by atoms with Crippen molar-refractivity contribution >= 4 is 18.9 Å². The molecule has 5 heteroatoms. The van der Waals surface area contributed by atoms with Gasteiger partial charge in [0.15, 0.2) is 0 Å². The van der Waals surface area contributed by atoms with Gasteiger partial charge in [-0.05, 0) is 0 Å². The molecular weight excluding hydrogens is 291 g/mol. The number of phenols is 2. The van der Waals surface area contributed by atoms with Gasteiger partial charge in [-0.1, -0.05) is 0 Å². The molecule has 1 atom stereocenters. The van der Waals surface area contributed by atoms with Crippen molar-refractivity contribution in [3.8, 4) is 11.5 Å². The zero-order valence-corrected chi connectivity index (χ0v) is 13.3. The molecular formula is C18H21BO4. The zero-order chi connectivity index (χ0) is 16.8. The molecule has 23 heavy (non-hydrogen) atoms. The molecule has 0 bridgehead atoms. The van der Waals surface area contributed by atoms with Crippen LogP contribution < -0.4 is 0 Å². The SMILES string of the molecule is B=C1/C=C/CC/C=C/CC(C)OC(=O)c2c(O)cc(O)cc2C1. The van der Waals surface area contributed by atoms with Crippen molar-refractivity contribution in [2.75, 3.05) is 0 Å². The van der Waals surface area contributed by atoms with Crippen LogP contribution in [-0.2, 0) is 11.2 Å². The second kappa shape index (κ2) is 7.81. The number of carbonyl (C=O) groups excluding carboxylic acids is 1. The van der Waals surface area contributed by atoms with Crippen LogP contribution >= 0.6 is 0 Å². The number of fused-ring (bicyclic) bond motifs is 1. The van der Waals surface area contributed by atoms with Crippen LogP contribution in [0.4, 0.5) is 0 Å². The van der Waals surface area contributed by atoms with Crippen molar-refractivity contribution in [1.82, 2.24) is 0 Å². The van der Waals surface area contributed by atoms with E-state index < -0.39 is 5.97 Å². The Balaban J connectivity index is 2.40. The van der Waals surface area contributed by atoms with Gasteiger partial charge >= 0.3 is 136 Å². The molecule has 2 N–H and O–H groups in total. The average molecular weight is 312 g/mol. The fourth-order valence-corrected chi connectivity index (χ4v) is 2.49. The van der Waals surface area contributed by atoms with Crippen molar-refractivity contribution in [3.63, 3.8) is 0 Å². The molecule has 1 aliphatic heterocycles. The van der Waals surface area contributed by atoms with Gasteiger partial charge in [-0.3, -0.25) is 0 Å². The van der Waals surface area contributed by atoms with E-state index in [0.29, 0.717) is 18.4 Å². The molecule has 0 aromatic heterocycles. The van der Waals surface area contributed by atoms with Gasteiger partial charge in [0.05, 0.1) is 0 Å². The van der Waals surface area contributed by atoms with E-state index in [0.717, 1.165) is 24.4 Å². The summed E-state index contributed by atoms with van der Waals surface area (Å²) in [6, 6.07) is 2.61. The van der Waals surface area contributed by atoms with Gasteiger partial charge in [-0.15, -0.1) is 0 Å². The third-order valence-electron chi connectivity index (χ3n) is 3.60. The van der Waals surface area contributed by atoms with Gasteiger partial charge in [0.1, 0.15) is 0 Å². The van der Waals surface area contributed by atoms with Gasteiger partial charge in [0.2, 0.25) is 0 Å². The summed E-state index contributed by atoms with van der Waals surface area (Å²) in [5.74, 6) is -0.966. The van der Waals surface area contributed by atoms with Gasteiger partial charge in [-0.2, -0.15) is 0 Å². The molecule has 1 aromatic carbocycles. The van der Waals surface area contributed by atoms with Crippen LogP contribution in [0.5, 0.6) is 11.5 Å². The van der Waals surface area contributed by atoms with E-state index in [-0.39, 0.29) is 23.2 Å². The van der Waals surface area contributed by atoms with Crippen LogP contribution in [0.25, 0.3) is 0 Å². The maximum absolute atomic E-state index is 12.4. The minimum absolute atomic E-state index is 0.0882. The summed E-state index contributed by atoms with van der Waals surface area (Å²) in [5, 5.41) is 19.8. The molecule has 1 heterocycles. The van der Waals surface area contributed by atoms with Crippen molar-refractivity contribution < 1.29 is 19.7 Å². The molecule has 0 radical (unpaired) electrons. The quantitative estimate of drug-likeness (QED) is 0.439. The van der Waals surface area contributed by atoms with E-state index in [1.54, 1.807) is 0 Å². The Morgan fingerprint density at radius 3 is 2.70 bits per heavy atom. The Morgan fingerprint density at radius 1 is 1.17 bits per heavy atom. The first-order chi connectivity index (χ1) is 11.0. The van der Waals surface area contributed by atoms with Crippen LogP contribution in [0, 0.1) is 0 Å². The standard InChI is InChI=1S/C18H21BO4/c1-12-7-5-3-2-4-6-8-14(19)9-13-10-15(20)11-16(21)17(13)18(22)23-12/h3,5-6,8,10-12,19-21H,2,4,7,9H2,1H3/b5-3+,8-6+. The number of rotatable bonds is 0. The van der Waals surface area contributed by atoms with Gasteiger partial charge < -0.3 is 0 Å². The molecule has 0 saturated heterocycles. The number of carbonyl (C=O) groups is 1. The normalized spacial score (nSPS) is 22.5. The Hall–Kier alpha value is -2.30. The van der Waals surface area contributed by atoms with Crippen LogP contribution in [0.2, 0.25) is 0 Å². The maximum atomic E-state index is 12.4. The fraction of sp³-hybridized carbons (Fsp3) is 0.333. The number of cyclic esters (lactones) is 1. The monoisotopic (exact) mass is 312 g/mol. The third kappa shape index (κ3) is 4.85. The summed E-state index contributed by atoms with van der Waals surface area (Å²) in [4.78, 5) is 12.4. The van der Waals surface area contributed by atoms with E-state index in [1.165, 1.54) is 6.07 Å². The predicted octanol–water partition coefficient (Wildman–Crippen LogP) is 2.56. The average Bonchev–Trinajstić information content (AvgIpc) is 2.44. The Kier molecular flexibility index (Phi) is 5.80. The number of allylic oxidation sites excluding steroid dienone is 3. The van der Waals surface area contributed by atoms with Crippen LogP contribution in [0.1, 0.15) is 42.1 Å². The van der Waals surface area contributed by atoms with Crippen molar-refractivity contribution in [2.24, 2.45) is 0 Å². The van der Waals surface area contributed by atoms with E-state index in [1.807, 2.05) is 25.2 Å². The molecule has 1 aliphatic rings. The number of benzene rings is 1. The number of ether oxygens (including phenoxy) is 1. The fourth-order valence-electron chi connectivity index (χ4n) is 2.49. The van der Waals surface area contributed by atoms with Gasteiger partial charge in [0, 0.05) is 0 Å².